The van der Waals surface area contributed by atoms with Gasteiger partial charge in [0.05, 0.1) is 12.0 Å². The van der Waals surface area contributed by atoms with Crippen molar-refractivity contribution in [1.29, 1.82) is 0 Å². The number of piperidine rings is 1. The molecule has 5 heteroatoms. The van der Waals surface area contributed by atoms with E-state index < -0.39 is 17.7 Å². The Morgan fingerprint density at radius 3 is 2.89 bits per heavy atom. The Hall–Kier alpha value is -1.49. The van der Waals surface area contributed by atoms with Gasteiger partial charge in [-0.15, -0.1) is 0 Å². The van der Waals surface area contributed by atoms with Crippen LogP contribution in [0.1, 0.15) is 31.4 Å². The van der Waals surface area contributed by atoms with Gasteiger partial charge in [0.1, 0.15) is 11.6 Å². The minimum atomic E-state index is -0.630. The van der Waals surface area contributed by atoms with Crippen molar-refractivity contribution in [2.24, 2.45) is 5.92 Å². The minimum absolute atomic E-state index is 0.0697. The molecule has 1 unspecified atom stereocenters. The first-order chi connectivity index (χ1) is 9.08. The van der Waals surface area contributed by atoms with Gasteiger partial charge in [-0.3, -0.25) is 4.79 Å². The van der Waals surface area contributed by atoms with E-state index in [2.05, 4.69) is 10.6 Å². The summed E-state index contributed by atoms with van der Waals surface area (Å²) in [5, 5.41) is 5.95. The second-order valence-corrected chi connectivity index (χ2v) is 4.94. The Labute approximate surface area is 111 Å². The Morgan fingerprint density at radius 2 is 2.26 bits per heavy atom. The van der Waals surface area contributed by atoms with Gasteiger partial charge in [-0.1, -0.05) is 6.07 Å². The van der Waals surface area contributed by atoms with Crippen LogP contribution in [0.4, 0.5) is 8.78 Å². The first-order valence-corrected chi connectivity index (χ1v) is 6.54. The summed E-state index contributed by atoms with van der Waals surface area (Å²) in [7, 11) is 0. The number of hydrogen-bond acceptors (Lipinski definition) is 2. The van der Waals surface area contributed by atoms with Gasteiger partial charge in [0, 0.05) is 18.2 Å². The zero-order chi connectivity index (χ0) is 13.8. The lowest BCUT2D eigenvalue weighted by Crippen LogP contribution is -2.41. The van der Waals surface area contributed by atoms with Crippen LogP contribution in [0.5, 0.6) is 0 Å². The molecule has 0 aliphatic carbocycles. The van der Waals surface area contributed by atoms with E-state index in [1.165, 1.54) is 12.1 Å². The zero-order valence-corrected chi connectivity index (χ0v) is 10.9. The summed E-state index contributed by atoms with van der Waals surface area (Å²) in [6, 6.07) is 2.94. The van der Waals surface area contributed by atoms with Gasteiger partial charge in [-0.05, 0) is 32.4 Å². The van der Waals surface area contributed by atoms with E-state index in [1.54, 1.807) is 6.92 Å². The SMILES string of the molecule is CC(NC(=O)[C@H]1CCCNC1)c1ccc(F)cc1F. The molecule has 1 fully saturated rings. The smallest absolute Gasteiger partial charge is 0.224 e. The number of carbonyl (C=O) groups is 1. The van der Waals surface area contributed by atoms with Crippen LogP contribution in [-0.2, 0) is 4.79 Å². The second kappa shape index (κ2) is 6.10. The third-order valence-corrected chi connectivity index (χ3v) is 3.46. The molecule has 2 atom stereocenters. The van der Waals surface area contributed by atoms with Crippen molar-refractivity contribution in [2.45, 2.75) is 25.8 Å². The molecule has 104 valence electrons. The largest absolute Gasteiger partial charge is 0.349 e. The quantitative estimate of drug-likeness (QED) is 0.882. The van der Waals surface area contributed by atoms with Crippen LogP contribution in [0.2, 0.25) is 0 Å². The van der Waals surface area contributed by atoms with Gasteiger partial charge < -0.3 is 10.6 Å². The molecule has 1 aliphatic rings. The molecule has 3 nitrogen and oxygen atoms in total. The monoisotopic (exact) mass is 268 g/mol. The number of rotatable bonds is 3. The summed E-state index contributed by atoms with van der Waals surface area (Å²) in [6.45, 7) is 3.29. The molecular weight excluding hydrogens is 250 g/mol. The highest BCUT2D eigenvalue weighted by Crippen LogP contribution is 2.19. The van der Waals surface area contributed by atoms with Crippen molar-refractivity contribution in [1.82, 2.24) is 10.6 Å². The van der Waals surface area contributed by atoms with E-state index in [9.17, 15) is 13.6 Å². The highest BCUT2D eigenvalue weighted by molar-refractivity contribution is 5.79. The Balaban J connectivity index is 1.99. The molecule has 1 heterocycles. The average Bonchev–Trinajstić information content (AvgIpc) is 2.39. The lowest BCUT2D eigenvalue weighted by molar-refractivity contribution is -0.126. The van der Waals surface area contributed by atoms with E-state index in [0.29, 0.717) is 12.1 Å². The van der Waals surface area contributed by atoms with E-state index >= 15 is 0 Å². The third kappa shape index (κ3) is 3.50. The number of halogens is 2. The first-order valence-electron chi connectivity index (χ1n) is 6.54. The molecule has 0 aromatic heterocycles. The highest BCUT2D eigenvalue weighted by Gasteiger charge is 2.23. The normalized spacial score (nSPS) is 20.9. The number of nitrogens with one attached hydrogen (secondary N) is 2. The van der Waals surface area contributed by atoms with Crippen molar-refractivity contribution in [3.8, 4) is 0 Å². The van der Waals surface area contributed by atoms with Crippen molar-refractivity contribution in [3.05, 3.63) is 35.4 Å². The van der Waals surface area contributed by atoms with Crippen molar-refractivity contribution >= 4 is 5.91 Å². The van der Waals surface area contributed by atoms with Crippen LogP contribution < -0.4 is 10.6 Å². The van der Waals surface area contributed by atoms with Gasteiger partial charge in [0.25, 0.3) is 0 Å². The van der Waals surface area contributed by atoms with Crippen molar-refractivity contribution < 1.29 is 13.6 Å². The van der Waals surface area contributed by atoms with E-state index in [-0.39, 0.29) is 11.8 Å². The fourth-order valence-corrected chi connectivity index (χ4v) is 2.34. The summed E-state index contributed by atoms with van der Waals surface area (Å²) in [4.78, 5) is 12.0. The van der Waals surface area contributed by atoms with Crippen LogP contribution >= 0.6 is 0 Å². The van der Waals surface area contributed by atoms with Crippen molar-refractivity contribution in [3.63, 3.8) is 0 Å². The fourth-order valence-electron chi connectivity index (χ4n) is 2.34. The molecule has 1 amide bonds. The number of hydrogen-bond donors (Lipinski definition) is 2. The molecule has 19 heavy (non-hydrogen) atoms. The molecule has 0 saturated carbocycles. The Bertz CT molecular complexity index is 459. The predicted octanol–water partition coefficient (Wildman–Crippen LogP) is 2.14. The van der Waals surface area contributed by atoms with Gasteiger partial charge in [-0.25, -0.2) is 8.78 Å². The Morgan fingerprint density at radius 1 is 1.47 bits per heavy atom. The summed E-state index contributed by atoms with van der Waals surface area (Å²) in [6.07, 6.45) is 1.81. The first kappa shape index (κ1) is 13.9. The van der Waals surface area contributed by atoms with Crippen molar-refractivity contribution in [2.75, 3.05) is 13.1 Å². The van der Waals surface area contributed by atoms with E-state index in [0.717, 1.165) is 25.5 Å². The summed E-state index contributed by atoms with van der Waals surface area (Å²) in [5.41, 5.74) is 0.304. The molecule has 0 spiro atoms. The molecule has 1 aromatic carbocycles. The summed E-state index contributed by atoms with van der Waals surface area (Å²) in [5.74, 6) is -1.39. The van der Waals surface area contributed by atoms with E-state index in [1.807, 2.05) is 0 Å². The van der Waals surface area contributed by atoms with Gasteiger partial charge in [-0.2, -0.15) is 0 Å². The van der Waals surface area contributed by atoms with Gasteiger partial charge in [0.15, 0.2) is 0 Å². The zero-order valence-electron chi connectivity index (χ0n) is 10.9. The summed E-state index contributed by atoms with van der Waals surface area (Å²) >= 11 is 0. The van der Waals surface area contributed by atoms with E-state index in [4.69, 9.17) is 0 Å². The topological polar surface area (TPSA) is 41.1 Å². The van der Waals surface area contributed by atoms with Crippen LogP contribution in [0, 0.1) is 17.6 Å². The molecule has 0 bridgehead atoms. The lowest BCUT2D eigenvalue weighted by atomic mass is 9.98. The maximum absolute atomic E-state index is 13.6. The number of amides is 1. The standard InChI is InChI=1S/C14H18F2N2O/c1-9(12-5-4-11(15)7-13(12)16)18-14(19)10-3-2-6-17-8-10/h4-5,7,9-10,17H,2-3,6,8H2,1H3,(H,18,19)/t9?,10-/m0/s1. The lowest BCUT2D eigenvalue weighted by Gasteiger charge is -2.24. The molecule has 0 radical (unpaired) electrons. The predicted molar refractivity (Wildman–Crippen MR) is 68.5 cm³/mol. The van der Waals surface area contributed by atoms with Crippen LogP contribution in [-0.4, -0.2) is 19.0 Å². The molecule has 1 saturated heterocycles. The molecule has 1 aromatic rings. The van der Waals surface area contributed by atoms with Crippen LogP contribution in [0.3, 0.4) is 0 Å². The maximum atomic E-state index is 13.6. The highest BCUT2D eigenvalue weighted by atomic mass is 19.1. The molecular formula is C14H18F2N2O. The summed E-state index contributed by atoms with van der Waals surface area (Å²) < 4.78 is 26.4. The maximum Gasteiger partial charge on any atom is 0.224 e. The van der Waals surface area contributed by atoms with Gasteiger partial charge >= 0.3 is 0 Å². The molecule has 2 N–H and O–H groups in total. The minimum Gasteiger partial charge on any atom is -0.349 e. The van der Waals surface area contributed by atoms with Crippen LogP contribution in [0.15, 0.2) is 18.2 Å². The Kier molecular flexibility index (Phi) is 4.47. The fraction of sp³-hybridized carbons (Fsp3) is 0.500. The second-order valence-electron chi connectivity index (χ2n) is 4.94. The molecule has 1 aliphatic heterocycles. The van der Waals surface area contributed by atoms with Crippen LogP contribution in [0.25, 0.3) is 0 Å². The molecule has 2 rings (SSSR count). The third-order valence-electron chi connectivity index (χ3n) is 3.46. The average molecular weight is 268 g/mol. The van der Waals surface area contributed by atoms with Gasteiger partial charge in [0.2, 0.25) is 5.91 Å². The number of benzene rings is 1. The number of carbonyl (C=O) groups excluding carboxylic acids is 1.